The number of methoxy groups -OCH3 is 1. The molecule has 0 radical (unpaired) electrons. The number of hydrogen-bond acceptors (Lipinski definition) is 6. The van der Waals surface area contributed by atoms with Gasteiger partial charge in [-0.3, -0.25) is 15.0 Å². The number of hydrogen-bond donors (Lipinski definition) is 2. The van der Waals surface area contributed by atoms with Crippen LogP contribution >= 0.6 is 12.2 Å². The van der Waals surface area contributed by atoms with Gasteiger partial charge >= 0.3 is 11.7 Å². The molecule has 0 bridgehead atoms. The summed E-state index contributed by atoms with van der Waals surface area (Å²) in [5.41, 5.74) is 3.63. The first kappa shape index (κ1) is 21.3. The van der Waals surface area contributed by atoms with E-state index < -0.39 is 28.4 Å². The first-order valence-corrected chi connectivity index (χ1v) is 9.50. The van der Waals surface area contributed by atoms with E-state index in [0.29, 0.717) is 16.4 Å². The van der Waals surface area contributed by atoms with Crippen molar-refractivity contribution >= 4 is 34.7 Å². The van der Waals surface area contributed by atoms with Gasteiger partial charge in [0.2, 0.25) is 0 Å². The Balaban J connectivity index is 2.19. The van der Waals surface area contributed by atoms with Crippen LogP contribution in [0.25, 0.3) is 0 Å². The molecule has 156 valence electrons. The molecular formula is C21H21N3O5S. The van der Waals surface area contributed by atoms with E-state index in [0.717, 1.165) is 16.8 Å². The van der Waals surface area contributed by atoms with Gasteiger partial charge < -0.3 is 15.2 Å². The summed E-state index contributed by atoms with van der Waals surface area (Å²) < 4.78 is 4.99. The predicted octanol–water partition coefficient (Wildman–Crippen LogP) is 3.80. The average Bonchev–Trinajstić information content (AvgIpc) is 2.66. The number of nitrogens with one attached hydrogen (secondary N) is 1. The molecule has 0 saturated heterocycles. The smallest absolute Gasteiger partial charge is 0.337 e. The van der Waals surface area contributed by atoms with E-state index in [9.17, 15) is 20.0 Å². The van der Waals surface area contributed by atoms with Crippen molar-refractivity contribution in [2.24, 2.45) is 0 Å². The van der Waals surface area contributed by atoms with Gasteiger partial charge in [0, 0.05) is 17.5 Å². The fourth-order valence-electron chi connectivity index (χ4n) is 3.62. The summed E-state index contributed by atoms with van der Waals surface area (Å²) in [4.78, 5) is 25.0. The van der Waals surface area contributed by atoms with Crippen LogP contribution in [0.4, 0.5) is 11.4 Å². The number of phenolic OH excluding ortho intramolecular Hbond substituents is 1. The molecule has 2 aromatic carbocycles. The zero-order chi connectivity index (χ0) is 22.2. The fraction of sp³-hybridized carbons (Fsp3) is 0.238. The highest BCUT2D eigenvalue weighted by Gasteiger charge is 2.36. The van der Waals surface area contributed by atoms with Gasteiger partial charge in [0.15, 0.2) is 10.9 Å². The minimum absolute atomic E-state index is 0.269. The monoisotopic (exact) mass is 427 g/mol. The minimum atomic E-state index is -0.772. The summed E-state index contributed by atoms with van der Waals surface area (Å²) in [6.07, 6.45) is 0. The lowest BCUT2D eigenvalue weighted by molar-refractivity contribution is -0.385. The maximum Gasteiger partial charge on any atom is 0.337 e. The van der Waals surface area contributed by atoms with Crippen LogP contribution in [0, 0.1) is 24.0 Å². The van der Waals surface area contributed by atoms with Crippen LogP contribution in [0.5, 0.6) is 5.75 Å². The van der Waals surface area contributed by atoms with Gasteiger partial charge in [-0.05, 0) is 67.9 Å². The third kappa shape index (κ3) is 3.84. The molecule has 0 spiro atoms. The molecule has 30 heavy (non-hydrogen) atoms. The van der Waals surface area contributed by atoms with Crippen LogP contribution in [-0.4, -0.2) is 28.2 Å². The number of nitro groups is 1. The van der Waals surface area contributed by atoms with Crippen molar-refractivity contribution < 1.29 is 19.6 Å². The molecule has 0 saturated carbocycles. The number of allylic oxidation sites excluding steroid dienone is 1. The quantitative estimate of drug-likeness (QED) is 0.329. The Morgan fingerprint density at radius 1 is 1.20 bits per heavy atom. The summed E-state index contributed by atoms with van der Waals surface area (Å²) in [5, 5.41) is 24.5. The van der Waals surface area contributed by atoms with E-state index >= 15 is 0 Å². The molecule has 1 aliphatic heterocycles. The first-order chi connectivity index (χ1) is 14.1. The number of esters is 1. The molecule has 3 rings (SSSR count). The Labute approximate surface area is 178 Å². The molecule has 1 unspecified atom stereocenters. The third-order valence-corrected chi connectivity index (χ3v) is 5.18. The van der Waals surface area contributed by atoms with Gasteiger partial charge in [-0.1, -0.05) is 12.1 Å². The lowest BCUT2D eigenvalue weighted by Gasteiger charge is -2.37. The van der Waals surface area contributed by atoms with E-state index in [4.69, 9.17) is 17.0 Å². The number of rotatable bonds is 4. The second-order valence-electron chi connectivity index (χ2n) is 7.06. The second-order valence-corrected chi connectivity index (χ2v) is 7.45. The summed E-state index contributed by atoms with van der Waals surface area (Å²) >= 11 is 5.58. The molecular weight excluding hydrogens is 406 g/mol. The molecule has 2 aromatic rings. The SMILES string of the molecule is COC(=O)C1=C(C)N(c2cc(C)cc(C)c2)C(=S)NC1c1ccc(O)c([N+](=O)[O-])c1. The third-order valence-electron chi connectivity index (χ3n) is 4.88. The van der Waals surface area contributed by atoms with Crippen molar-refractivity contribution in [3.05, 3.63) is 74.5 Å². The number of carbonyl (C=O) groups is 1. The molecule has 0 aliphatic carbocycles. The highest BCUT2D eigenvalue weighted by atomic mass is 32.1. The van der Waals surface area contributed by atoms with Crippen LogP contribution < -0.4 is 10.2 Å². The normalized spacial score (nSPS) is 16.3. The van der Waals surface area contributed by atoms with Crippen molar-refractivity contribution in [1.29, 1.82) is 0 Å². The number of carbonyl (C=O) groups excluding carboxylic acids is 1. The number of thiocarbonyl (C=S) groups is 1. The van der Waals surface area contributed by atoms with Crippen molar-refractivity contribution in [2.45, 2.75) is 26.8 Å². The van der Waals surface area contributed by atoms with Crippen molar-refractivity contribution in [3.63, 3.8) is 0 Å². The van der Waals surface area contributed by atoms with Crippen LogP contribution in [0.15, 0.2) is 47.7 Å². The summed E-state index contributed by atoms with van der Waals surface area (Å²) in [6, 6.07) is 9.10. The highest BCUT2D eigenvalue weighted by Crippen LogP contribution is 2.37. The predicted molar refractivity (Wildman–Crippen MR) is 116 cm³/mol. The fourth-order valence-corrected chi connectivity index (χ4v) is 3.98. The molecule has 0 fully saturated rings. The van der Waals surface area contributed by atoms with Gasteiger partial charge in [0.25, 0.3) is 0 Å². The molecule has 0 amide bonds. The number of phenols is 1. The Hall–Kier alpha value is -3.46. The molecule has 0 aromatic heterocycles. The summed E-state index contributed by atoms with van der Waals surface area (Å²) in [6.45, 7) is 5.68. The van der Waals surface area contributed by atoms with E-state index in [1.165, 1.54) is 25.3 Å². The van der Waals surface area contributed by atoms with Crippen LogP contribution in [0.1, 0.15) is 29.7 Å². The first-order valence-electron chi connectivity index (χ1n) is 9.09. The zero-order valence-electron chi connectivity index (χ0n) is 16.9. The standard InChI is InChI=1S/C21H21N3O5S/c1-11-7-12(2)9-15(8-11)23-13(3)18(20(26)29-4)19(22-21(23)30)14-5-6-17(25)16(10-14)24(27)28/h5-10,19,25H,1-4H3,(H,22,30). The molecule has 9 heteroatoms. The Morgan fingerprint density at radius 3 is 2.40 bits per heavy atom. The maximum absolute atomic E-state index is 12.7. The van der Waals surface area contributed by atoms with Gasteiger partial charge in [0.1, 0.15) is 0 Å². The number of benzene rings is 2. The molecule has 1 aliphatic rings. The minimum Gasteiger partial charge on any atom is -0.502 e. The molecule has 1 heterocycles. The highest BCUT2D eigenvalue weighted by molar-refractivity contribution is 7.80. The number of ether oxygens (including phenoxy) is 1. The molecule has 8 nitrogen and oxygen atoms in total. The van der Waals surface area contributed by atoms with Gasteiger partial charge in [-0.2, -0.15) is 0 Å². The van der Waals surface area contributed by atoms with Crippen molar-refractivity contribution in [2.75, 3.05) is 12.0 Å². The largest absolute Gasteiger partial charge is 0.502 e. The van der Waals surface area contributed by atoms with Crippen molar-refractivity contribution in [3.8, 4) is 5.75 Å². The van der Waals surface area contributed by atoms with Gasteiger partial charge in [0.05, 0.1) is 23.6 Å². The molecule has 2 N–H and O–H groups in total. The van der Waals surface area contributed by atoms with Gasteiger partial charge in [-0.25, -0.2) is 4.79 Å². The van der Waals surface area contributed by atoms with Crippen LogP contribution in [-0.2, 0) is 9.53 Å². The van der Waals surface area contributed by atoms with Crippen LogP contribution in [0.2, 0.25) is 0 Å². The molecule has 1 atom stereocenters. The number of aryl methyl sites for hydroxylation is 2. The number of anilines is 1. The van der Waals surface area contributed by atoms with E-state index in [1.54, 1.807) is 11.8 Å². The number of aromatic hydroxyl groups is 1. The van der Waals surface area contributed by atoms with E-state index in [-0.39, 0.29) is 5.57 Å². The second kappa shape index (κ2) is 8.11. The summed E-state index contributed by atoms with van der Waals surface area (Å²) in [7, 11) is 1.27. The number of nitrogens with zero attached hydrogens (tertiary/aromatic N) is 2. The lowest BCUT2D eigenvalue weighted by Crippen LogP contribution is -2.48. The topological polar surface area (TPSA) is 105 Å². The van der Waals surface area contributed by atoms with E-state index in [2.05, 4.69) is 5.32 Å². The lowest BCUT2D eigenvalue weighted by atomic mass is 9.94. The maximum atomic E-state index is 12.7. The average molecular weight is 427 g/mol. The summed E-state index contributed by atoms with van der Waals surface area (Å²) in [5.74, 6) is -1.04. The Kier molecular flexibility index (Phi) is 5.75. The Bertz CT molecular complexity index is 1080. The van der Waals surface area contributed by atoms with Gasteiger partial charge in [-0.15, -0.1) is 0 Å². The zero-order valence-corrected chi connectivity index (χ0v) is 17.7. The Morgan fingerprint density at radius 2 is 1.83 bits per heavy atom. The van der Waals surface area contributed by atoms with Crippen molar-refractivity contribution in [1.82, 2.24) is 5.32 Å². The van der Waals surface area contributed by atoms with Crippen LogP contribution in [0.3, 0.4) is 0 Å². The van der Waals surface area contributed by atoms with E-state index in [1.807, 2.05) is 32.0 Å². The number of nitro benzene ring substituents is 1.